The molecule has 1 amide bonds. The number of carbonyl (C=O) groups excluding carboxylic acids is 2. The number of aliphatic hydroxyl groups is 1. The van der Waals surface area contributed by atoms with Gasteiger partial charge in [0.2, 0.25) is 0 Å². The molecule has 0 radical (unpaired) electrons. The van der Waals surface area contributed by atoms with Gasteiger partial charge in [0.25, 0.3) is 11.7 Å². The summed E-state index contributed by atoms with van der Waals surface area (Å²) in [5.41, 5.74) is 3.39. The third-order valence-electron chi connectivity index (χ3n) is 6.48. The molecule has 3 aromatic rings. The standard InChI is InChI=1S/C30H30FNO4/c1-18-7-6-8-20(15-18)26-25(27(33)23-16-21(30(2,3)4)11-14-24(23)36-5)28(34)29(35)32(26)17-19-9-12-22(31)13-10-19/h6-16,26,33H,17H2,1-5H3/b27-25+. The molecule has 1 atom stereocenters. The van der Waals surface area contributed by atoms with E-state index in [4.69, 9.17) is 4.74 Å². The van der Waals surface area contributed by atoms with Crippen molar-refractivity contribution >= 4 is 17.4 Å². The van der Waals surface area contributed by atoms with Crippen molar-refractivity contribution in [1.29, 1.82) is 0 Å². The molecule has 1 aliphatic heterocycles. The number of nitrogens with zero attached hydrogens (tertiary/aromatic N) is 1. The molecule has 1 fully saturated rings. The second-order valence-corrected chi connectivity index (χ2v) is 10.1. The van der Waals surface area contributed by atoms with Crippen LogP contribution >= 0.6 is 0 Å². The predicted octanol–water partition coefficient (Wildman–Crippen LogP) is 6.06. The van der Waals surface area contributed by atoms with Gasteiger partial charge in [0.1, 0.15) is 17.3 Å². The number of carbonyl (C=O) groups is 2. The number of amides is 1. The van der Waals surface area contributed by atoms with Gasteiger partial charge in [0.15, 0.2) is 0 Å². The Kier molecular flexibility index (Phi) is 6.72. The molecule has 0 bridgehead atoms. The van der Waals surface area contributed by atoms with Crippen LogP contribution in [0, 0.1) is 12.7 Å². The van der Waals surface area contributed by atoms with Gasteiger partial charge in [-0.3, -0.25) is 9.59 Å². The second-order valence-electron chi connectivity index (χ2n) is 10.1. The third-order valence-corrected chi connectivity index (χ3v) is 6.48. The Morgan fingerprint density at radius 2 is 1.72 bits per heavy atom. The van der Waals surface area contributed by atoms with E-state index in [0.717, 1.165) is 11.1 Å². The first-order valence-corrected chi connectivity index (χ1v) is 11.8. The monoisotopic (exact) mass is 487 g/mol. The number of halogens is 1. The summed E-state index contributed by atoms with van der Waals surface area (Å²) in [6, 6.07) is 17.9. The molecule has 5 nitrogen and oxygen atoms in total. The van der Waals surface area contributed by atoms with Crippen LogP contribution in [-0.2, 0) is 21.5 Å². The number of ether oxygens (including phenoxy) is 1. The molecule has 186 valence electrons. The molecule has 6 heteroatoms. The topological polar surface area (TPSA) is 66.8 Å². The van der Waals surface area contributed by atoms with Crippen molar-refractivity contribution in [3.8, 4) is 5.75 Å². The zero-order chi connectivity index (χ0) is 26.2. The fraction of sp³-hybridized carbons (Fsp3) is 0.267. The minimum absolute atomic E-state index is 0.00271. The van der Waals surface area contributed by atoms with Gasteiger partial charge in [-0.15, -0.1) is 0 Å². The Hall–Kier alpha value is -3.93. The summed E-state index contributed by atoms with van der Waals surface area (Å²) in [7, 11) is 1.49. The van der Waals surface area contributed by atoms with Crippen LogP contribution < -0.4 is 4.74 Å². The van der Waals surface area contributed by atoms with Crippen molar-refractivity contribution in [3.05, 3.63) is 106 Å². The average molecular weight is 488 g/mol. The van der Waals surface area contributed by atoms with Gasteiger partial charge in [-0.05, 0) is 53.3 Å². The zero-order valence-corrected chi connectivity index (χ0v) is 21.1. The molecule has 0 aromatic heterocycles. The summed E-state index contributed by atoms with van der Waals surface area (Å²) >= 11 is 0. The molecule has 1 aliphatic rings. The molecule has 1 heterocycles. The fourth-order valence-electron chi connectivity index (χ4n) is 4.52. The molecular weight excluding hydrogens is 457 g/mol. The summed E-state index contributed by atoms with van der Waals surface area (Å²) < 4.78 is 19.0. The van der Waals surface area contributed by atoms with Gasteiger partial charge in [0, 0.05) is 6.54 Å². The summed E-state index contributed by atoms with van der Waals surface area (Å²) in [5, 5.41) is 11.6. The van der Waals surface area contributed by atoms with Crippen molar-refractivity contribution in [3.63, 3.8) is 0 Å². The van der Waals surface area contributed by atoms with Crippen molar-refractivity contribution in [2.75, 3.05) is 7.11 Å². The number of hydrogen-bond acceptors (Lipinski definition) is 4. The third kappa shape index (κ3) is 4.76. The van der Waals surface area contributed by atoms with E-state index in [2.05, 4.69) is 0 Å². The van der Waals surface area contributed by atoms with Gasteiger partial charge in [-0.2, -0.15) is 0 Å². The Balaban J connectivity index is 1.92. The highest BCUT2D eigenvalue weighted by Gasteiger charge is 2.46. The zero-order valence-electron chi connectivity index (χ0n) is 21.1. The van der Waals surface area contributed by atoms with Gasteiger partial charge in [-0.1, -0.05) is 68.8 Å². The van der Waals surface area contributed by atoms with Crippen molar-refractivity contribution < 1.29 is 23.8 Å². The van der Waals surface area contributed by atoms with E-state index in [1.54, 1.807) is 24.3 Å². The van der Waals surface area contributed by atoms with Gasteiger partial charge < -0.3 is 14.7 Å². The Labute approximate surface area is 210 Å². The van der Waals surface area contributed by atoms with Crippen LogP contribution in [0.3, 0.4) is 0 Å². The quantitative estimate of drug-likeness (QED) is 0.270. The van der Waals surface area contributed by atoms with E-state index < -0.39 is 17.7 Å². The predicted molar refractivity (Wildman–Crippen MR) is 137 cm³/mol. The number of aliphatic hydroxyl groups excluding tert-OH is 1. The fourth-order valence-corrected chi connectivity index (χ4v) is 4.52. The maximum Gasteiger partial charge on any atom is 0.295 e. The van der Waals surface area contributed by atoms with Crippen LogP contribution in [0.4, 0.5) is 4.39 Å². The van der Waals surface area contributed by atoms with Crippen molar-refractivity contribution in [2.45, 2.75) is 45.7 Å². The molecule has 4 rings (SSSR count). The van der Waals surface area contributed by atoms with E-state index >= 15 is 0 Å². The maximum absolute atomic E-state index is 13.5. The minimum Gasteiger partial charge on any atom is -0.507 e. The first-order chi connectivity index (χ1) is 17.0. The van der Waals surface area contributed by atoms with E-state index in [1.165, 1.54) is 24.1 Å². The van der Waals surface area contributed by atoms with E-state index in [0.29, 0.717) is 22.4 Å². The van der Waals surface area contributed by atoms with Crippen LogP contribution in [0.2, 0.25) is 0 Å². The number of ketones is 1. The number of hydrogen-bond donors (Lipinski definition) is 1. The molecular formula is C30H30FNO4. The number of benzene rings is 3. The first-order valence-electron chi connectivity index (χ1n) is 11.8. The summed E-state index contributed by atoms with van der Waals surface area (Å²) in [5.74, 6) is -1.78. The van der Waals surface area contributed by atoms with Crippen LogP contribution in [-0.4, -0.2) is 28.8 Å². The Morgan fingerprint density at radius 3 is 2.33 bits per heavy atom. The number of likely N-dealkylation sites (tertiary alicyclic amines) is 1. The Bertz CT molecular complexity index is 1350. The lowest BCUT2D eigenvalue weighted by atomic mass is 9.85. The molecule has 1 N–H and O–H groups in total. The minimum atomic E-state index is -0.821. The van der Waals surface area contributed by atoms with E-state index in [-0.39, 0.29) is 29.1 Å². The molecule has 36 heavy (non-hydrogen) atoms. The highest BCUT2D eigenvalue weighted by molar-refractivity contribution is 6.46. The van der Waals surface area contributed by atoms with Crippen LogP contribution in [0.15, 0.2) is 72.3 Å². The number of rotatable bonds is 5. The van der Waals surface area contributed by atoms with Crippen molar-refractivity contribution in [1.82, 2.24) is 4.90 Å². The normalized spacial score (nSPS) is 17.5. The number of methoxy groups -OCH3 is 1. The Morgan fingerprint density at radius 1 is 1.03 bits per heavy atom. The van der Waals surface area contributed by atoms with Crippen molar-refractivity contribution in [2.24, 2.45) is 0 Å². The second kappa shape index (κ2) is 9.61. The number of aryl methyl sites for hydroxylation is 1. The molecule has 0 spiro atoms. The molecule has 0 saturated carbocycles. The lowest BCUT2D eigenvalue weighted by molar-refractivity contribution is -0.140. The summed E-state index contributed by atoms with van der Waals surface area (Å²) in [6.45, 7) is 8.15. The van der Waals surface area contributed by atoms with Gasteiger partial charge >= 0.3 is 0 Å². The van der Waals surface area contributed by atoms with E-state index in [9.17, 15) is 19.1 Å². The number of Topliss-reactive ketones (excluding diaryl/α,β-unsaturated/α-hetero) is 1. The van der Waals surface area contributed by atoms with Crippen LogP contribution in [0.1, 0.15) is 54.6 Å². The van der Waals surface area contributed by atoms with Gasteiger partial charge in [-0.25, -0.2) is 4.39 Å². The lowest BCUT2D eigenvalue weighted by Gasteiger charge is -2.26. The molecule has 1 saturated heterocycles. The van der Waals surface area contributed by atoms with Crippen LogP contribution in [0.5, 0.6) is 5.75 Å². The SMILES string of the molecule is COc1ccc(C(C)(C)C)cc1/C(O)=C1\C(=O)C(=O)N(Cc2ccc(F)cc2)C1c1cccc(C)c1. The van der Waals surface area contributed by atoms with Gasteiger partial charge in [0.05, 0.1) is 24.3 Å². The summed E-state index contributed by atoms with van der Waals surface area (Å²) in [4.78, 5) is 28.1. The van der Waals surface area contributed by atoms with Crippen LogP contribution in [0.25, 0.3) is 5.76 Å². The average Bonchev–Trinajstić information content (AvgIpc) is 3.09. The van der Waals surface area contributed by atoms with E-state index in [1.807, 2.05) is 58.0 Å². The lowest BCUT2D eigenvalue weighted by Crippen LogP contribution is -2.29. The smallest absolute Gasteiger partial charge is 0.295 e. The molecule has 3 aromatic carbocycles. The maximum atomic E-state index is 13.5. The highest BCUT2D eigenvalue weighted by Crippen LogP contribution is 2.42. The highest BCUT2D eigenvalue weighted by atomic mass is 19.1. The molecule has 0 aliphatic carbocycles. The largest absolute Gasteiger partial charge is 0.507 e. The first kappa shape index (κ1) is 25.2. The summed E-state index contributed by atoms with van der Waals surface area (Å²) in [6.07, 6.45) is 0. The molecule has 1 unspecified atom stereocenters.